The highest BCUT2D eigenvalue weighted by Crippen LogP contribution is 2.39. The second-order valence-corrected chi connectivity index (χ2v) is 9.04. The van der Waals surface area contributed by atoms with Gasteiger partial charge in [0.05, 0.1) is 19.6 Å². The Labute approximate surface area is 193 Å². The predicted molar refractivity (Wildman–Crippen MR) is 127 cm³/mol. The Morgan fingerprint density at radius 3 is 2.28 bits per heavy atom. The Morgan fingerprint density at radius 1 is 1.09 bits per heavy atom. The third-order valence-corrected chi connectivity index (χ3v) is 6.50. The minimum atomic E-state index is -0.790. The number of nitrogens with zero attached hydrogens (tertiary/aromatic N) is 3. The summed E-state index contributed by atoms with van der Waals surface area (Å²) < 4.78 is 5.25. The molecule has 1 fully saturated rings. The molecular formula is C25H41N3O4. The predicted octanol–water partition coefficient (Wildman–Crippen LogP) is 3.15. The minimum Gasteiger partial charge on any atom is -0.497 e. The van der Waals surface area contributed by atoms with Crippen molar-refractivity contribution in [2.24, 2.45) is 5.92 Å². The van der Waals surface area contributed by atoms with Crippen LogP contribution in [0.4, 0.5) is 0 Å². The maximum atomic E-state index is 13.3. The van der Waals surface area contributed by atoms with E-state index in [-0.39, 0.29) is 24.4 Å². The molecule has 3 unspecified atom stereocenters. The fourth-order valence-corrected chi connectivity index (χ4v) is 4.75. The molecular weight excluding hydrogens is 406 g/mol. The van der Waals surface area contributed by atoms with Crippen LogP contribution in [0, 0.1) is 5.92 Å². The topological polar surface area (TPSA) is 73.3 Å². The Hall–Kier alpha value is -2.12. The summed E-state index contributed by atoms with van der Waals surface area (Å²) in [5.74, 6) is -0.605. The first-order valence-corrected chi connectivity index (χ1v) is 11.9. The van der Waals surface area contributed by atoms with Crippen molar-refractivity contribution >= 4 is 11.9 Å². The molecule has 1 N–H and O–H groups in total. The normalized spacial score (nSPS) is 21.1. The zero-order chi connectivity index (χ0) is 23.7. The van der Waals surface area contributed by atoms with Gasteiger partial charge in [-0.15, -0.1) is 0 Å². The number of carbonyl (C=O) groups is 2. The van der Waals surface area contributed by atoms with E-state index in [1.807, 2.05) is 50.2 Å². The summed E-state index contributed by atoms with van der Waals surface area (Å²) in [5, 5.41) is 10.0. The van der Waals surface area contributed by atoms with Gasteiger partial charge < -0.3 is 19.6 Å². The standard InChI is InChI=1S/C25H41N3O4/c1-6-8-15-27(16-9-14-26(3)4)23(29)18-28-17-21(24(25(30)31)22(28)7-2)19-10-12-20(32-5)13-11-19/h10-13,21-22,24H,6-9,14-18H2,1-5H3,(H,30,31). The molecule has 1 amide bonds. The van der Waals surface area contributed by atoms with Gasteiger partial charge in [-0.2, -0.15) is 0 Å². The van der Waals surface area contributed by atoms with E-state index in [1.54, 1.807) is 7.11 Å². The molecule has 3 atom stereocenters. The first-order valence-electron chi connectivity index (χ1n) is 11.9. The Morgan fingerprint density at radius 2 is 1.75 bits per heavy atom. The summed E-state index contributed by atoms with van der Waals surface area (Å²) in [6.07, 6.45) is 3.66. The van der Waals surface area contributed by atoms with Crippen molar-refractivity contribution in [2.75, 3.05) is 53.9 Å². The molecule has 0 aliphatic carbocycles. The largest absolute Gasteiger partial charge is 0.497 e. The summed E-state index contributed by atoms with van der Waals surface area (Å²) in [7, 11) is 5.70. The van der Waals surface area contributed by atoms with Crippen molar-refractivity contribution in [1.29, 1.82) is 0 Å². The molecule has 1 aliphatic rings. The van der Waals surface area contributed by atoms with E-state index < -0.39 is 11.9 Å². The zero-order valence-electron chi connectivity index (χ0n) is 20.4. The molecule has 1 aromatic rings. The van der Waals surface area contributed by atoms with Crippen LogP contribution in [0.1, 0.15) is 51.0 Å². The van der Waals surface area contributed by atoms with Crippen molar-refractivity contribution in [3.05, 3.63) is 29.8 Å². The number of amides is 1. The highest BCUT2D eigenvalue weighted by molar-refractivity contribution is 5.79. The highest BCUT2D eigenvalue weighted by atomic mass is 16.5. The number of unbranched alkanes of at least 4 members (excludes halogenated alkanes) is 1. The van der Waals surface area contributed by atoms with Crippen LogP contribution in [0.2, 0.25) is 0 Å². The van der Waals surface area contributed by atoms with Gasteiger partial charge in [-0.3, -0.25) is 14.5 Å². The van der Waals surface area contributed by atoms with Crippen LogP contribution >= 0.6 is 0 Å². The number of methoxy groups -OCH3 is 1. The number of carboxylic acids is 1. The number of rotatable bonds is 13. The fraction of sp³-hybridized carbons (Fsp3) is 0.680. The van der Waals surface area contributed by atoms with Crippen molar-refractivity contribution < 1.29 is 19.4 Å². The van der Waals surface area contributed by atoms with Gasteiger partial charge >= 0.3 is 5.97 Å². The number of benzene rings is 1. The van der Waals surface area contributed by atoms with E-state index in [0.717, 1.165) is 50.2 Å². The highest BCUT2D eigenvalue weighted by Gasteiger charge is 2.46. The van der Waals surface area contributed by atoms with Crippen molar-refractivity contribution in [3.63, 3.8) is 0 Å². The van der Waals surface area contributed by atoms with Gasteiger partial charge in [0.15, 0.2) is 0 Å². The summed E-state index contributed by atoms with van der Waals surface area (Å²) in [5.41, 5.74) is 0.987. The second-order valence-electron chi connectivity index (χ2n) is 9.04. The molecule has 7 heteroatoms. The van der Waals surface area contributed by atoms with Crippen molar-refractivity contribution in [1.82, 2.24) is 14.7 Å². The third-order valence-electron chi connectivity index (χ3n) is 6.50. The smallest absolute Gasteiger partial charge is 0.308 e. The van der Waals surface area contributed by atoms with Crippen molar-refractivity contribution in [2.45, 2.75) is 51.5 Å². The molecule has 0 radical (unpaired) electrons. The van der Waals surface area contributed by atoms with E-state index in [9.17, 15) is 14.7 Å². The van der Waals surface area contributed by atoms with Gasteiger partial charge in [-0.1, -0.05) is 32.4 Å². The second kappa shape index (κ2) is 12.8. The van der Waals surface area contributed by atoms with E-state index in [4.69, 9.17) is 4.74 Å². The first-order chi connectivity index (χ1) is 15.3. The molecule has 180 valence electrons. The number of aliphatic carboxylic acids is 1. The van der Waals surface area contributed by atoms with Crippen LogP contribution in [-0.2, 0) is 9.59 Å². The third kappa shape index (κ3) is 6.94. The lowest BCUT2D eigenvalue weighted by Gasteiger charge is -2.29. The van der Waals surface area contributed by atoms with Gasteiger partial charge in [0, 0.05) is 31.6 Å². The molecule has 1 aliphatic heterocycles. The van der Waals surface area contributed by atoms with Crippen LogP contribution in [0.15, 0.2) is 24.3 Å². The summed E-state index contributed by atoms with van der Waals surface area (Å²) in [6.45, 7) is 7.45. The Bertz CT molecular complexity index is 722. The molecule has 0 spiro atoms. The summed E-state index contributed by atoms with van der Waals surface area (Å²) >= 11 is 0. The van der Waals surface area contributed by atoms with Crippen LogP contribution in [0.3, 0.4) is 0 Å². The number of hydrogen-bond donors (Lipinski definition) is 1. The molecule has 32 heavy (non-hydrogen) atoms. The van der Waals surface area contributed by atoms with E-state index >= 15 is 0 Å². The molecule has 1 heterocycles. The van der Waals surface area contributed by atoms with Gasteiger partial charge in [-0.05, 0) is 57.6 Å². The first kappa shape index (κ1) is 26.1. The maximum Gasteiger partial charge on any atom is 0.308 e. The fourth-order valence-electron chi connectivity index (χ4n) is 4.75. The van der Waals surface area contributed by atoms with Crippen LogP contribution in [0.5, 0.6) is 5.75 Å². The number of carboxylic acid groups (broad SMARTS) is 1. The average Bonchev–Trinajstić information content (AvgIpc) is 3.14. The van der Waals surface area contributed by atoms with Crippen LogP contribution in [0.25, 0.3) is 0 Å². The number of carbonyl (C=O) groups excluding carboxylic acids is 1. The molecule has 2 rings (SSSR count). The molecule has 7 nitrogen and oxygen atoms in total. The van der Waals surface area contributed by atoms with E-state index in [2.05, 4.69) is 16.7 Å². The number of ether oxygens (including phenoxy) is 1. The Balaban J connectivity index is 2.16. The quantitative estimate of drug-likeness (QED) is 0.501. The molecule has 0 bridgehead atoms. The van der Waals surface area contributed by atoms with E-state index in [0.29, 0.717) is 13.0 Å². The monoisotopic (exact) mass is 447 g/mol. The molecule has 0 aromatic heterocycles. The molecule has 1 saturated heterocycles. The van der Waals surface area contributed by atoms with Gasteiger partial charge in [-0.25, -0.2) is 0 Å². The lowest BCUT2D eigenvalue weighted by atomic mass is 9.84. The summed E-state index contributed by atoms with van der Waals surface area (Å²) in [6, 6.07) is 7.50. The zero-order valence-corrected chi connectivity index (χ0v) is 20.4. The average molecular weight is 448 g/mol. The van der Waals surface area contributed by atoms with Gasteiger partial charge in [0.2, 0.25) is 5.91 Å². The van der Waals surface area contributed by atoms with Crippen LogP contribution in [-0.4, -0.2) is 91.7 Å². The number of likely N-dealkylation sites (tertiary alicyclic amines) is 1. The van der Waals surface area contributed by atoms with Gasteiger partial charge in [0.1, 0.15) is 5.75 Å². The van der Waals surface area contributed by atoms with Gasteiger partial charge in [0.25, 0.3) is 0 Å². The SMILES string of the molecule is CCCCN(CCCN(C)C)C(=O)CN1CC(c2ccc(OC)cc2)C(C(=O)O)C1CC. The van der Waals surface area contributed by atoms with Crippen LogP contribution < -0.4 is 4.74 Å². The molecule has 1 aromatic carbocycles. The molecule has 0 saturated carbocycles. The number of hydrogen-bond acceptors (Lipinski definition) is 5. The van der Waals surface area contributed by atoms with E-state index in [1.165, 1.54) is 0 Å². The van der Waals surface area contributed by atoms with Crippen molar-refractivity contribution in [3.8, 4) is 5.75 Å². The lowest BCUT2D eigenvalue weighted by Crippen LogP contribution is -2.44. The maximum absolute atomic E-state index is 13.3. The lowest BCUT2D eigenvalue weighted by molar-refractivity contribution is -0.143. The minimum absolute atomic E-state index is 0.107. The summed E-state index contributed by atoms with van der Waals surface area (Å²) in [4.78, 5) is 31.7. The Kier molecular flexibility index (Phi) is 10.5.